The van der Waals surface area contributed by atoms with Crippen molar-refractivity contribution < 1.29 is 14.3 Å². The topological polar surface area (TPSA) is 35.5 Å². The number of ether oxygens (including phenoxy) is 2. The third-order valence-electron chi connectivity index (χ3n) is 2.84. The highest BCUT2D eigenvalue weighted by atomic mass is 35.5. The number of hydrogen-bond acceptors (Lipinski definition) is 3. The number of carbonyl (C=O) groups is 1. The second-order valence-electron chi connectivity index (χ2n) is 4.37. The van der Waals surface area contributed by atoms with E-state index in [9.17, 15) is 4.79 Å². The van der Waals surface area contributed by atoms with Gasteiger partial charge in [0.25, 0.3) is 0 Å². The number of aryl methyl sites for hydroxylation is 1. The molecule has 0 saturated carbocycles. The molecule has 0 unspecified atom stereocenters. The van der Waals surface area contributed by atoms with Crippen LogP contribution in [0.1, 0.15) is 15.9 Å². The minimum atomic E-state index is -0.107. The van der Waals surface area contributed by atoms with Crippen LogP contribution in [0.15, 0.2) is 42.5 Å². The van der Waals surface area contributed by atoms with Gasteiger partial charge in [0.2, 0.25) is 0 Å². The van der Waals surface area contributed by atoms with Gasteiger partial charge in [0, 0.05) is 10.6 Å². The van der Waals surface area contributed by atoms with E-state index in [4.69, 9.17) is 21.1 Å². The van der Waals surface area contributed by atoms with Crippen molar-refractivity contribution in [2.75, 3.05) is 13.7 Å². The predicted molar refractivity (Wildman–Crippen MR) is 79.0 cm³/mol. The van der Waals surface area contributed by atoms with Gasteiger partial charge in [-0.1, -0.05) is 17.7 Å². The first kappa shape index (κ1) is 14.4. The highest BCUT2D eigenvalue weighted by Crippen LogP contribution is 2.27. The van der Waals surface area contributed by atoms with E-state index in [-0.39, 0.29) is 12.4 Å². The van der Waals surface area contributed by atoms with E-state index >= 15 is 0 Å². The SMILES string of the molecule is COc1cc(C)ccc1OCC(=O)c1ccc(Cl)cc1. The van der Waals surface area contributed by atoms with Crippen LogP contribution in [0.2, 0.25) is 5.02 Å². The highest BCUT2D eigenvalue weighted by Gasteiger charge is 2.09. The fourth-order valence-electron chi connectivity index (χ4n) is 1.76. The van der Waals surface area contributed by atoms with Crippen molar-refractivity contribution in [3.05, 3.63) is 58.6 Å². The fourth-order valence-corrected chi connectivity index (χ4v) is 1.88. The first-order valence-corrected chi connectivity index (χ1v) is 6.54. The van der Waals surface area contributed by atoms with Crippen LogP contribution >= 0.6 is 11.6 Å². The number of rotatable bonds is 5. The molecule has 104 valence electrons. The molecule has 2 rings (SSSR count). The minimum Gasteiger partial charge on any atom is -0.493 e. The molecule has 0 aliphatic heterocycles. The summed E-state index contributed by atoms with van der Waals surface area (Å²) in [5, 5.41) is 0.600. The summed E-state index contributed by atoms with van der Waals surface area (Å²) >= 11 is 5.78. The molecule has 0 aliphatic rings. The molecule has 2 aromatic rings. The Bertz CT molecular complexity index is 606. The summed E-state index contributed by atoms with van der Waals surface area (Å²) < 4.78 is 10.7. The molecule has 0 fully saturated rings. The lowest BCUT2D eigenvalue weighted by Gasteiger charge is -2.10. The third kappa shape index (κ3) is 3.52. The predicted octanol–water partition coefficient (Wildman–Crippen LogP) is 3.92. The van der Waals surface area contributed by atoms with Gasteiger partial charge in [-0.3, -0.25) is 4.79 Å². The second-order valence-corrected chi connectivity index (χ2v) is 4.81. The van der Waals surface area contributed by atoms with Crippen molar-refractivity contribution in [2.24, 2.45) is 0 Å². The fraction of sp³-hybridized carbons (Fsp3) is 0.188. The van der Waals surface area contributed by atoms with Crippen molar-refractivity contribution >= 4 is 17.4 Å². The Hall–Kier alpha value is -2.00. The van der Waals surface area contributed by atoms with E-state index in [1.807, 2.05) is 19.1 Å². The lowest BCUT2D eigenvalue weighted by Crippen LogP contribution is -2.12. The molecule has 0 aromatic heterocycles. The van der Waals surface area contributed by atoms with Gasteiger partial charge in [0.05, 0.1) is 7.11 Å². The molecule has 0 N–H and O–H groups in total. The van der Waals surface area contributed by atoms with Crippen LogP contribution in [-0.2, 0) is 0 Å². The number of Topliss-reactive ketones (excluding diaryl/α,β-unsaturated/α-hetero) is 1. The zero-order chi connectivity index (χ0) is 14.5. The maximum atomic E-state index is 12.0. The number of benzene rings is 2. The van der Waals surface area contributed by atoms with E-state index in [1.165, 1.54) is 0 Å². The van der Waals surface area contributed by atoms with Gasteiger partial charge < -0.3 is 9.47 Å². The average molecular weight is 291 g/mol. The van der Waals surface area contributed by atoms with E-state index < -0.39 is 0 Å². The number of ketones is 1. The molecular formula is C16H15ClO3. The molecule has 0 radical (unpaired) electrons. The van der Waals surface area contributed by atoms with Gasteiger partial charge in [0.1, 0.15) is 0 Å². The maximum Gasteiger partial charge on any atom is 0.200 e. The maximum absolute atomic E-state index is 12.0. The summed E-state index contributed by atoms with van der Waals surface area (Å²) in [4.78, 5) is 12.0. The van der Waals surface area contributed by atoms with Gasteiger partial charge in [-0.25, -0.2) is 0 Å². The summed E-state index contributed by atoms with van der Waals surface area (Å²) in [6, 6.07) is 12.3. The molecule has 0 spiro atoms. The van der Waals surface area contributed by atoms with E-state index in [2.05, 4.69) is 0 Å². The van der Waals surface area contributed by atoms with Crippen LogP contribution < -0.4 is 9.47 Å². The van der Waals surface area contributed by atoms with E-state index in [0.717, 1.165) is 5.56 Å². The first-order chi connectivity index (χ1) is 9.60. The van der Waals surface area contributed by atoms with Gasteiger partial charge in [-0.2, -0.15) is 0 Å². The summed E-state index contributed by atoms with van der Waals surface area (Å²) in [5.74, 6) is 1.07. The molecule has 0 saturated heterocycles. The Balaban J connectivity index is 2.05. The molecular weight excluding hydrogens is 276 g/mol. The van der Waals surface area contributed by atoms with Crippen molar-refractivity contribution in [1.82, 2.24) is 0 Å². The molecule has 0 bridgehead atoms. The molecule has 0 aliphatic carbocycles. The standard InChI is InChI=1S/C16H15ClO3/c1-11-3-8-15(16(9-11)19-2)20-10-14(18)12-4-6-13(17)7-5-12/h3-9H,10H2,1-2H3. The Kier molecular flexibility index (Phi) is 4.64. The summed E-state index contributed by atoms with van der Waals surface area (Å²) in [5.41, 5.74) is 1.64. The molecule has 3 nitrogen and oxygen atoms in total. The number of hydrogen-bond donors (Lipinski definition) is 0. The van der Waals surface area contributed by atoms with Crippen LogP contribution in [0.4, 0.5) is 0 Å². The second kappa shape index (κ2) is 6.44. The Morgan fingerprint density at radius 2 is 1.80 bits per heavy atom. The van der Waals surface area contributed by atoms with Gasteiger partial charge in [-0.05, 0) is 48.9 Å². The normalized spacial score (nSPS) is 10.2. The zero-order valence-electron chi connectivity index (χ0n) is 11.4. The van der Waals surface area contributed by atoms with Crippen LogP contribution in [0.3, 0.4) is 0 Å². The largest absolute Gasteiger partial charge is 0.493 e. The van der Waals surface area contributed by atoms with Crippen LogP contribution in [0.5, 0.6) is 11.5 Å². The number of methoxy groups -OCH3 is 1. The van der Waals surface area contributed by atoms with Crippen LogP contribution in [-0.4, -0.2) is 19.5 Å². The lowest BCUT2D eigenvalue weighted by atomic mass is 10.1. The molecule has 0 amide bonds. The van der Waals surface area contributed by atoms with Crippen molar-refractivity contribution in [1.29, 1.82) is 0 Å². The Labute approximate surface area is 123 Å². The number of carbonyl (C=O) groups excluding carboxylic acids is 1. The summed E-state index contributed by atoms with van der Waals surface area (Å²) in [6.07, 6.45) is 0. The molecule has 4 heteroatoms. The first-order valence-electron chi connectivity index (χ1n) is 6.16. The van der Waals surface area contributed by atoms with E-state index in [1.54, 1.807) is 37.4 Å². The zero-order valence-corrected chi connectivity index (χ0v) is 12.1. The number of halogens is 1. The van der Waals surface area contributed by atoms with E-state index in [0.29, 0.717) is 22.1 Å². The molecule has 0 heterocycles. The van der Waals surface area contributed by atoms with Crippen molar-refractivity contribution in [3.8, 4) is 11.5 Å². The van der Waals surface area contributed by atoms with Gasteiger partial charge >= 0.3 is 0 Å². The quantitative estimate of drug-likeness (QED) is 0.783. The van der Waals surface area contributed by atoms with Gasteiger partial charge in [0.15, 0.2) is 23.9 Å². The van der Waals surface area contributed by atoms with Gasteiger partial charge in [-0.15, -0.1) is 0 Å². The van der Waals surface area contributed by atoms with Crippen molar-refractivity contribution in [2.45, 2.75) is 6.92 Å². The smallest absolute Gasteiger partial charge is 0.200 e. The molecule has 2 aromatic carbocycles. The highest BCUT2D eigenvalue weighted by molar-refractivity contribution is 6.30. The molecule has 0 atom stereocenters. The van der Waals surface area contributed by atoms with Crippen molar-refractivity contribution in [3.63, 3.8) is 0 Å². The average Bonchev–Trinajstić information content (AvgIpc) is 2.46. The summed E-state index contributed by atoms with van der Waals surface area (Å²) in [6.45, 7) is 1.92. The van der Waals surface area contributed by atoms with Crippen LogP contribution in [0.25, 0.3) is 0 Å². The Morgan fingerprint density at radius 1 is 1.10 bits per heavy atom. The van der Waals surface area contributed by atoms with Crippen LogP contribution in [0, 0.1) is 6.92 Å². The summed E-state index contributed by atoms with van der Waals surface area (Å²) in [7, 11) is 1.57. The monoisotopic (exact) mass is 290 g/mol. The minimum absolute atomic E-state index is 0.0406. The lowest BCUT2D eigenvalue weighted by molar-refractivity contribution is 0.0919. The Morgan fingerprint density at radius 3 is 2.45 bits per heavy atom. The molecule has 20 heavy (non-hydrogen) atoms. The third-order valence-corrected chi connectivity index (χ3v) is 3.10.